The maximum Gasteiger partial charge on any atom is 0.235 e. The van der Waals surface area contributed by atoms with Crippen LogP contribution in [0, 0.1) is 6.92 Å². The molecule has 1 amide bonds. The van der Waals surface area contributed by atoms with Gasteiger partial charge in [0.25, 0.3) is 0 Å². The molecule has 0 saturated carbocycles. The fourth-order valence-electron chi connectivity index (χ4n) is 3.21. The van der Waals surface area contributed by atoms with Crippen LogP contribution < -0.4 is 10.1 Å². The van der Waals surface area contributed by atoms with Crippen LogP contribution in [-0.2, 0) is 4.79 Å². The summed E-state index contributed by atoms with van der Waals surface area (Å²) in [6, 6.07) is 14.6. The number of hydrogen-bond donors (Lipinski definition) is 2. The third-order valence-corrected chi connectivity index (χ3v) is 5.79. The van der Waals surface area contributed by atoms with Gasteiger partial charge in [-0.1, -0.05) is 12.1 Å². The number of aromatic hydroxyl groups is 1. The van der Waals surface area contributed by atoms with Crippen molar-refractivity contribution in [1.29, 1.82) is 0 Å². The number of nitrogens with zero attached hydrogens (tertiary/aromatic N) is 2. The summed E-state index contributed by atoms with van der Waals surface area (Å²) in [6.45, 7) is 1.95. The molecule has 0 fully saturated rings. The molecule has 138 valence electrons. The van der Waals surface area contributed by atoms with E-state index in [4.69, 9.17) is 4.74 Å². The number of anilines is 1. The zero-order valence-corrected chi connectivity index (χ0v) is 15.8. The Balaban J connectivity index is 1.84. The maximum absolute atomic E-state index is 12.3. The lowest BCUT2D eigenvalue weighted by Gasteiger charge is -2.15. The molecule has 0 saturated heterocycles. The standard InChI is InChI=1S/C20H19N3O3S/c1-12-18-19(13-3-7-15(24)8-4-13)27-11-17(25)21-20(18)23(22-12)14-5-9-16(26-2)10-6-14/h3-10,19,24H,11H2,1-2H3,(H,21,25)/t19-/m1/s1. The third-order valence-electron chi connectivity index (χ3n) is 4.52. The van der Waals surface area contributed by atoms with Crippen molar-refractivity contribution in [3.05, 3.63) is 65.4 Å². The molecule has 4 rings (SSSR count). The van der Waals surface area contributed by atoms with Crippen LogP contribution in [0.1, 0.15) is 22.1 Å². The van der Waals surface area contributed by atoms with Crippen LogP contribution in [-0.4, -0.2) is 33.7 Å². The number of hydrogen-bond acceptors (Lipinski definition) is 5. The number of phenolic OH excluding ortho intramolecular Hbond substituents is 1. The Kier molecular flexibility index (Phi) is 4.53. The minimum Gasteiger partial charge on any atom is -0.508 e. The number of aryl methyl sites for hydroxylation is 1. The monoisotopic (exact) mass is 381 g/mol. The van der Waals surface area contributed by atoms with Crippen LogP contribution in [0.15, 0.2) is 48.5 Å². The van der Waals surface area contributed by atoms with E-state index in [-0.39, 0.29) is 16.9 Å². The highest BCUT2D eigenvalue weighted by atomic mass is 32.2. The van der Waals surface area contributed by atoms with Gasteiger partial charge in [-0.15, -0.1) is 11.8 Å². The molecule has 27 heavy (non-hydrogen) atoms. The maximum atomic E-state index is 12.3. The first-order valence-electron chi connectivity index (χ1n) is 8.51. The molecule has 1 aliphatic heterocycles. The van der Waals surface area contributed by atoms with E-state index in [1.54, 1.807) is 35.7 Å². The summed E-state index contributed by atoms with van der Waals surface area (Å²) in [5.41, 5.74) is 3.70. The van der Waals surface area contributed by atoms with Gasteiger partial charge in [-0.2, -0.15) is 5.10 Å². The summed E-state index contributed by atoms with van der Waals surface area (Å²) < 4.78 is 6.99. The average molecular weight is 381 g/mol. The number of rotatable bonds is 3. The predicted molar refractivity (Wildman–Crippen MR) is 106 cm³/mol. The average Bonchev–Trinajstić information content (AvgIpc) is 2.88. The van der Waals surface area contributed by atoms with Gasteiger partial charge in [-0.05, 0) is 48.9 Å². The molecule has 0 spiro atoms. The number of methoxy groups -OCH3 is 1. The van der Waals surface area contributed by atoms with Crippen molar-refractivity contribution in [2.45, 2.75) is 12.2 Å². The first-order chi connectivity index (χ1) is 13.1. The van der Waals surface area contributed by atoms with Gasteiger partial charge in [-0.3, -0.25) is 4.79 Å². The van der Waals surface area contributed by atoms with E-state index >= 15 is 0 Å². The van der Waals surface area contributed by atoms with Crippen LogP contribution in [0.4, 0.5) is 5.82 Å². The molecule has 1 atom stereocenters. The summed E-state index contributed by atoms with van der Waals surface area (Å²) in [5, 5.41) is 17.2. The molecule has 2 heterocycles. The van der Waals surface area contributed by atoms with Gasteiger partial charge in [0.15, 0.2) is 0 Å². The third kappa shape index (κ3) is 3.26. The van der Waals surface area contributed by atoms with E-state index in [0.29, 0.717) is 11.6 Å². The molecule has 0 bridgehead atoms. The summed E-state index contributed by atoms with van der Waals surface area (Å²) in [6.07, 6.45) is 0. The lowest BCUT2D eigenvalue weighted by molar-refractivity contribution is -0.113. The Morgan fingerprint density at radius 2 is 1.89 bits per heavy atom. The van der Waals surface area contributed by atoms with Crippen LogP contribution in [0.2, 0.25) is 0 Å². The highest BCUT2D eigenvalue weighted by Crippen LogP contribution is 2.44. The minimum atomic E-state index is -0.0582. The largest absolute Gasteiger partial charge is 0.508 e. The second-order valence-corrected chi connectivity index (χ2v) is 7.38. The van der Waals surface area contributed by atoms with E-state index in [0.717, 1.165) is 28.3 Å². The van der Waals surface area contributed by atoms with Gasteiger partial charge in [0.05, 0.1) is 29.5 Å². The molecule has 2 aromatic carbocycles. The Bertz CT molecular complexity index is 981. The van der Waals surface area contributed by atoms with Crippen molar-refractivity contribution < 1.29 is 14.6 Å². The summed E-state index contributed by atoms with van der Waals surface area (Å²) in [4.78, 5) is 12.3. The van der Waals surface area contributed by atoms with Gasteiger partial charge in [0.2, 0.25) is 5.91 Å². The Hall–Kier alpha value is -2.93. The van der Waals surface area contributed by atoms with E-state index in [2.05, 4.69) is 10.4 Å². The van der Waals surface area contributed by atoms with Crippen molar-refractivity contribution in [2.24, 2.45) is 0 Å². The van der Waals surface area contributed by atoms with Crippen molar-refractivity contribution >= 4 is 23.5 Å². The molecule has 1 aliphatic rings. The number of benzene rings is 2. The Morgan fingerprint density at radius 3 is 2.56 bits per heavy atom. The first kappa shape index (κ1) is 17.5. The second kappa shape index (κ2) is 7.00. The van der Waals surface area contributed by atoms with E-state index in [9.17, 15) is 9.90 Å². The molecular formula is C20H19N3O3S. The lowest BCUT2D eigenvalue weighted by Crippen LogP contribution is -2.15. The van der Waals surface area contributed by atoms with E-state index in [1.165, 1.54) is 0 Å². The predicted octanol–water partition coefficient (Wildman–Crippen LogP) is 3.67. The normalized spacial score (nSPS) is 16.4. The Morgan fingerprint density at radius 1 is 1.19 bits per heavy atom. The number of amides is 1. The number of fused-ring (bicyclic) bond motifs is 1. The molecule has 0 aliphatic carbocycles. The fraction of sp³-hybridized carbons (Fsp3) is 0.200. The smallest absolute Gasteiger partial charge is 0.235 e. The highest BCUT2D eigenvalue weighted by molar-refractivity contribution is 8.00. The van der Waals surface area contributed by atoms with Crippen LogP contribution in [0.25, 0.3) is 5.69 Å². The molecule has 0 unspecified atom stereocenters. The molecular weight excluding hydrogens is 362 g/mol. The number of phenols is 1. The molecule has 7 heteroatoms. The second-order valence-electron chi connectivity index (χ2n) is 6.29. The van der Waals surface area contributed by atoms with Crippen molar-refractivity contribution in [3.63, 3.8) is 0 Å². The van der Waals surface area contributed by atoms with Crippen molar-refractivity contribution in [2.75, 3.05) is 18.2 Å². The quantitative estimate of drug-likeness (QED) is 0.724. The number of carbonyl (C=O) groups excluding carboxylic acids is 1. The minimum absolute atomic E-state index is 0.0495. The van der Waals surface area contributed by atoms with E-state index in [1.807, 2.05) is 43.3 Å². The zero-order valence-electron chi connectivity index (χ0n) is 15.0. The van der Waals surface area contributed by atoms with E-state index < -0.39 is 0 Å². The number of nitrogens with one attached hydrogen (secondary N) is 1. The van der Waals surface area contributed by atoms with Crippen LogP contribution in [0.3, 0.4) is 0 Å². The number of thioether (sulfide) groups is 1. The van der Waals surface area contributed by atoms with Crippen molar-refractivity contribution in [1.82, 2.24) is 9.78 Å². The SMILES string of the molecule is COc1ccc(-n2nc(C)c3c2NC(=O)CS[C@@H]3c2ccc(O)cc2)cc1. The summed E-state index contributed by atoms with van der Waals surface area (Å²) >= 11 is 1.56. The highest BCUT2D eigenvalue weighted by Gasteiger charge is 2.30. The zero-order chi connectivity index (χ0) is 19.0. The number of ether oxygens (including phenoxy) is 1. The van der Waals surface area contributed by atoms with Gasteiger partial charge in [0, 0.05) is 5.56 Å². The number of carbonyl (C=O) groups is 1. The molecule has 1 aromatic heterocycles. The van der Waals surface area contributed by atoms with Gasteiger partial charge in [-0.25, -0.2) is 4.68 Å². The fourth-order valence-corrected chi connectivity index (χ4v) is 4.39. The van der Waals surface area contributed by atoms with Gasteiger partial charge >= 0.3 is 0 Å². The summed E-state index contributed by atoms with van der Waals surface area (Å²) in [7, 11) is 1.62. The van der Waals surface area contributed by atoms with Gasteiger partial charge < -0.3 is 15.2 Å². The summed E-state index contributed by atoms with van der Waals surface area (Å²) in [5.74, 6) is 1.96. The van der Waals surface area contributed by atoms with Crippen LogP contribution in [0.5, 0.6) is 11.5 Å². The molecule has 6 nitrogen and oxygen atoms in total. The lowest BCUT2D eigenvalue weighted by atomic mass is 10.0. The van der Waals surface area contributed by atoms with Crippen LogP contribution >= 0.6 is 11.8 Å². The first-order valence-corrected chi connectivity index (χ1v) is 9.56. The molecule has 2 N–H and O–H groups in total. The topological polar surface area (TPSA) is 76.4 Å². The molecule has 3 aromatic rings. The van der Waals surface area contributed by atoms with Crippen molar-refractivity contribution in [3.8, 4) is 17.2 Å². The van der Waals surface area contributed by atoms with Gasteiger partial charge in [0.1, 0.15) is 17.3 Å². The molecule has 0 radical (unpaired) electrons. The number of aromatic nitrogens is 2. The Labute approximate surface area is 161 Å².